The lowest BCUT2D eigenvalue weighted by Crippen LogP contribution is -2.53. The molecule has 1 saturated heterocycles. The van der Waals surface area contributed by atoms with E-state index in [2.05, 4.69) is 0 Å². The van der Waals surface area contributed by atoms with Crippen molar-refractivity contribution >= 4 is 11.9 Å². The van der Waals surface area contributed by atoms with Gasteiger partial charge in [0.05, 0.1) is 6.54 Å². The average molecular weight is 297 g/mol. The van der Waals surface area contributed by atoms with Crippen molar-refractivity contribution in [2.75, 3.05) is 39.3 Å². The fraction of sp³-hybridized carbons (Fsp3) is 0.818. The monoisotopic (exact) mass is 297 g/mol. The molecule has 1 amide bonds. The van der Waals surface area contributed by atoms with E-state index in [4.69, 9.17) is 5.11 Å². The zero-order chi connectivity index (χ0) is 15.3. The van der Waals surface area contributed by atoms with Gasteiger partial charge in [0, 0.05) is 26.2 Å². The van der Waals surface area contributed by atoms with Crippen molar-refractivity contribution in [1.82, 2.24) is 15.1 Å². The molecule has 0 saturated carbocycles. The Morgan fingerprint density at radius 2 is 1.80 bits per heavy atom. The average Bonchev–Trinajstić information content (AvgIpc) is 2.35. The Bertz CT molecular complexity index is 355. The zero-order valence-electron chi connectivity index (χ0n) is 11.1. The third kappa shape index (κ3) is 5.74. The normalized spacial score (nSPS) is 19.6. The summed E-state index contributed by atoms with van der Waals surface area (Å²) in [6.45, 7) is 2.00. The van der Waals surface area contributed by atoms with Crippen LogP contribution in [0.25, 0.3) is 0 Å². The number of carboxylic acid groups (broad SMARTS) is 1. The van der Waals surface area contributed by atoms with Crippen LogP contribution in [-0.2, 0) is 9.59 Å². The number of halogens is 3. The van der Waals surface area contributed by atoms with Gasteiger partial charge in [-0.2, -0.15) is 13.2 Å². The van der Waals surface area contributed by atoms with E-state index in [1.54, 1.807) is 16.7 Å². The van der Waals surface area contributed by atoms with Gasteiger partial charge in [0.2, 0.25) is 5.91 Å². The van der Waals surface area contributed by atoms with Gasteiger partial charge in [0.25, 0.3) is 0 Å². The molecule has 116 valence electrons. The predicted octanol–water partition coefficient (Wildman–Crippen LogP) is -0.244. The molecule has 0 aromatic carbocycles. The summed E-state index contributed by atoms with van der Waals surface area (Å²) in [5.41, 5.74) is 0. The van der Waals surface area contributed by atoms with Crippen LogP contribution in [0.3, 0.4) is 0 Å². The maximum Gasteiger partial charge on any atom is 0.405 e. The van der Waals surface area contributed by atoms with Crippen LogP contribution in [0.5, 0.6) is 0 Å². The highest BCUT2D eigenvalue weighted by Gasteiger charge is 2.29. The van der Waals surface area contributed by atoms with Gasteiger partial charge in [0.15, 0.2) is 0 Å². The first kappa shape index (κ1) is 16.7. The first-order valence-corrected chi connectivity index (χ1v) is 6.21. The van der Waals surface area contributed by atoms with Crippen LogP contribution in [0, 0.1) is 0 Å². The van der Waals surface area contributed by atoms with E-state index in [1.165, 1.54) is 0 Å². The lowest BCUT2D eigenvalue weighted by molar-refractivity contribution is -0.143. The molecule has 1 heterocycles. The standard InChI is InChI=1S/C11H18F3N3O3/c1-8(10(19)20)17-4-2-16(3-5-17)6-9(18)15-7-11(12,13)14/h8H,2-7H2,1H3,(H,15,18)(H,19,20). The number of aliphatic carboxylic acids is 1. The number of alkyl halides is 3. The van der Waals surface area contributed by atoms with Gasteiger partial charge < -0.3 is 10.4 Å². The molecular weight excluding hydrogens is 279 g/mol. The van der Waals surface area contributed by atoms with Gasteiger partial charge in [-0.05, 0) is 6.92 Å². The molecular formula is C11H18F3N3O3. The van der Waals surface area contributed by atoms with Crippen LogP contribution >= 0.6 is 0 Å². The fourth-order valence-electron chi connectivity index (χ4n) is 1.92. The van der Waals surface area contributed by atoms with Crippen LogP contribution in [0.1, 0.15) is 6.92 Å². The number of rotatable bonds is 5. The molecule has 20 heavy (non-hydrogen) atoms. The molecule has 0 bridgehead atoms. The molecule has 1 unspecified atom stereocenters. The molecule has 0 radical (unpaired) electrons. The molecule has 0 aromatic heterocycles. The van der Waals surface area contributed by atoms with Gasteiger partial charge in [-0.15, -0.1) is 0 Å². The summed E-state index contributed by atoms with van der Waals surface area (Å²) in [6, 6.07) is -0.601. The molecule has 0 aliphatic carbocycles. The molecule has 0 spiro atoms. The Kier molecular flexibility index (Phi) is 5.75. The van der Waals surface area contributed by atoms with Crippen molar-refractivity contribution in [1.29, 1.82) is 0 Å². The molecule has 1 rings (SSSR count). The smallest absolute Gasteiger partial charge is 0.405 e. The summed E-state index contributed by atoms with van der Waals surface area (Å²) in [6.07, 6.45) is -4.41. The molecule has 1 atom stereocenters. The minimum atomic E-state index is -4.41. The van der Waals surface area contributed by atoms with Crippen molar-refractivity contribution in [2.45, 2.75) is 19.1 Å². The highest BCUT2D eigenvalue weighted by atomic mass is 19.4. The molecule has 1 aliphatic heterocycles. The SMILES string of the molecule is CC(C(=O)O)N1CCN(CC(=O)NCC(F)(F)F)CC1. The van der Waals surface area contributed by atoms with Crippen molar-refractivity contribution < 1.29 is 27.9 Å². The quantitative estimate of drug-likeness (QED) is 0.732. The van der Waals surface area contributed by atoms with E-state index in [-0.39, 0.29) is 6.54 Å². The Morgan fingerprint density at radius 3 is 2.25 bits per heavy atom. The van der Waals surface area contributed by atoms with Crippen LogP contribution in [0.4, 0.5) is 13.2 Å². The summed E-state index contributed by atoms with van der Waals surface area (Å²) in [5.74, 6) is -1.59. The second-order valence-electron chi connectivity index (χ2n) is 4.72. The highest BCUT2D eigenvalue weighted by molar-refractivity contribution is 5.78. The molecule has 1 fully saturated rings. The second kappa shape index (κ2) is 6.89. The minimum Gasteiger partial charge on any atom is -0.480 e. The predicted molar refractivity (Wildman–Crippen MR) is 64.2 cm³/mol. The van der Waals surface area contributed by atoms with Crippen molar-refractivity contribution in [3.8, 4) is 0 Å². The molecule has 1 aliphatic rings. The van der Waals surface area contributed by atoms with Crippen LogP contribution in [0.2, 0.25) is 0 Å². The molecule has 9 heteroatoms. The highest BCUT2D eigenvalue weighted by Crippen LogP contribution is 2.12. The van der Waals surface area contributed by atoms with E-state index >= 15 is 0 Å². The number of hydrogen-bond donors (Lipinski definition) is 2. The number of hydrogen-bond acceptors (Lipinski definition) is 4. The maximum absolute atomic E-state index is 11.9. The van der Waals surface area contributed by atoms with E-state index in [1.807, 2.05) is 5.32 Å². The summed E-state index contributed by atoms with van der Waals surface area (Å²) in [7, 11) is 0. The maximum atomic E-state index is 11.9. The van der Waals surface area contributed by atoms with E-state index < -0.39 is 30.6 Å². The third-order valence-electron chi connectivity index (χ3n) is 3.17. The Morgan fingerprint density at radius 1 is 1.25 bits per heavy atom. The molecule has 2 N–H and O–H groups in total. The topological polar surface area (TPSA) is 72.9 Å². The Labute approximate surface area is 114 Å². The van der Waals surface area contributed by atoms with Gasteiger partial charge in [-0.1, -0.05) is 0 Å². The summed E-state index contributed by atoms with van der Waals surface area (Å²) in [4.78, 5) is 25.6. The number of amides is 1. The van der Waals surface area contributed by atoms with Gasteiger partial charge in [-0.3, -0.25) is 19.4 Å². The lowest BCUT2D eigenvalue weighted by Gasteiger charge is -2.36. The number of nitrogens with one attached hydrogen (secondary N) is 1. The van der Waals surface area contributed by atoms with Crippen molar-refractivity contribution in [3.63, 3.8) is 0 Å². The van der Waals surface area contributed by atoms with Gasteiger partial charge in [-0.25, -0.2) is 0 Å². The number of carboxylic acids is 1. The summed E-state index contributed by atoms with van der Waals surface area (Å²) < 4.78 is 35.8. The number of piperazine rings is 1. The fourth-order valence-corrected chi connectivity index (χ4v) is 1.92. The van der Waals surface area contributed by atoms with Crippen LogP contribution in [-0.4, -0.2) is 78.3 Å². The van der Waals surface area contributed by atoms with Crippen LogP contribution in [0.15, 0.2) is 0 Å². The van der Waals surface area contributed by atoms with E-state index in [9.17, 15) is 22.8 Å². The first-order chi connectivity index (χ1) is 9.19. The van der Waals surface area contributed by atoms with Gasteiger partial charge >= 0.3 is 12.1 Å². The lowest BCUT2D eigenvalue weighted by atomic mass is 10.2. The number of nitrogens with zero attached hydrogens (tertiary/aromatic N) is 2. The summed E-state index contributed by atoms with van der Waals surface area (Å²) in [5, 5.41) is 10.7. The number of carbonyl (C=O) groups excluding carboxylic acids is 1. The second-order valence-corrected chi connectivity index (χ2v) is 4.72. The van der Waals surface area contributed by atoms with Crippen LogP contribution < -0.4 is 5.32 Å². The third-order valence-corrected chi connectivity index (χ3v) is 3.17. The Balaban J connectivity index is 2.28. The van der Waals surface area contributed by atoms with Gasteiger partial charge in [0.1, 0.15) is 12.6 Å². The summed E-state index contributed by atoms with van der Waals surface area (Å²) >= 11 is 0. The minimum absolute atomic E-state index is 0.106. The largest absolute Gasteiger partial charge is 0.480 e. The van der Waals surface area contributed by atoms with Crippen molar-refractivity contribution in [3.05, 3.63) is 0 Å². The first-order valence-electron chi connectivity index (χ1n) is 6.21. The Hall–Kier alpha value is -1.35. The molecule has 6 nitrogen and oxygen atoms in total. The van der Waals surface area contributed by atoms with E-state index in [0.29, 0.717) is 26.2 Å². The number of carbonyl (C=O) groups is 2. The molecule has 0 aromatic rings. The zero-order valence-corrected chi connectivity index (χ0v) is 11.1. The van der Waals surface area contributed by atoms with Crippen molar-refractivity contribution in [2.24, 2.45) is 0 Å². The van der Waals surface area contributed by atoms with E-state index in [0.717, 1.165) is 0 Å².